The summed E-state index contributed by atoms with van der Waals surface area (Å²) < 4.78 is 28.7. The number of carboxylic acid groups (broad SMARTS) is 1. The van der Waals surface area contributed by atoms with Crippen LogP contribution < -0.4 is 15.4 Å². The molecule has 0 bridgehead atoms. The smallest absolute Gasteiger partial charge is 0.407 e. The van der Waals surface area contributed by atoms with E-state index in [0.717, 1.165) is 51.7 Å². The second-order valence-electron chi connectivity index (χ2n) is 19.6. The Morgan fingerprint density at radius 1 is 0.868 bits per heavy atom. The first kappa shape index (κ1) is 46.9. The minimum Gasteiger partial charge on any atom is -0.465 e. The van der Waals surface area contributed by atoms with Crippen molar-refractivity contribution in [2.24, 2.45) is 17.8 Å². The Labute approximate surface area is 399 Å². The molecule has 4 aromatic rings. The molecule has 17 nitrogen and oxygen atoms in total. The lowest BCUT2D eigenvalue weighted by Crippen LogP contribution is -2.51. The van der Waals surface area contributed by atoms with E-state index in [1.54, 1.807) is 27.3 Å². The molecule has 7 heterocycles. The first-order valence-electron chi connectivity index (χ1n) is 23.8. The number of amides is 4. The van der Waals surface area contributed by atoms with Gasteiger partial charge < -0.3 is 49.9 Å². The summed E-state index contributed by atoms with van der Waals surface area (Å²) in [4.78, 5) is 79.0. The van der Waals surface area contributed by atoms with Crippen molar-refractivity contribution in [2.45, 2.75) is 129 Å². The molecule has 4 amide bonds. The second-order valence-corrected chi connectivity index (χ2v) is 20.8. The number of ether oxygens (including phenoxy) is 2. The van der Waals surface area contributed by atoms with Crippen molar-refractivity contribution in [3.05, 3.63) is 86.7 Å². The number of rotatable bonds is 13. The summed E-state index contributed by atoms with van der Waals surface area (Å²) in [6, 6.07) is 0.782. The summed E-state index contributed by atoms with van der Waals surface area (Å²) in [5.74, 6) is 0.861. The SMILES string of the molecule is COC(=O)N[C@H](C(=O)N1CCC[C@H]1c1ncc(-c2cc(F)c3c(c2)OC(c2cnc(CC(C)C)s2)N2C4=C(C=C(c5cnc([C@@H]6CCCN6C(=O)[C@@H](NC(=O)O)C(C)C)[nH]5)CC4)C[C@@H]32)[nH]1)C(C)C. The molecular weight excluding hydrogens is 892 g/mol. The Hall–Kier alpha value is -6.24. The lowest BCUT2D eigenvalue weighted by molar-refractivity contribution is -0.136. The van der Waals surface area contributed by atoms with Crippen LogP contribution in [0.25, 0.3) is 16.8 Å². The van der Waals surface area contributed by atoms with E-state index in [0.29, 0.717) is 85.3 Å². The molecule has 5 N–H and O–H groups in total. The van der Waals surface area contributed by atoms with Crippen LogP contribution in [0, 0.1) is 23.6 Å². The van der Waals surface area contributed by atoms with E-state index in [1.807, 2.05) is 46.2 Å². The first-order chi connectivity index (χ1) is 32.6. The van der Waals surface area contributed by atoms with Crippen molar-refractivity contribution < 1.29 is 38.1 Å². The van der Waals surface area contributed by atoms with Gasteiger partial charge in [0.2, 0.25) is 18.0 Å². The number of nitrogens with one attached hydrogen (secondary N) is 4. The van der Waals surface area contributed by atoms with Crippen LogP contribution in [0.15, 0.2) is 48.1 Å². The number of carbonyl (C=O) groups is 4. The summed E-state index contributed by atoms with van der Waals surface area (Å²) in [5, 5.41) is 15.6. The second kappa shape index (κ2) is 19.0. The summed E-state index contributed by atoms with van der Waals surface area (Å²) in [5.41, 5.74) is 5.75. The Kier molecular flexibility index (Phi) is 13.1. The summed E-state index contributed by atoms with van der Waals surface area (Å²) in [6.45, 7) is 12.8. The monoisotopic (exact) mass is 952 g/mol. The molecule has 2 saturated heterocycles. The van der Waals surface area contributed by atoms with Crippen molar-refractivity contribution in [3.63, 3.8) is 0 Å². The van der Waals surface area contributed by atoms with Crippen molar-refractivity contribution in [2.75, 3.05) is 20.2 Å². The number of alkyl carbamates (subject to hydrolysis) is 1. The third-order valence-corrected chi connectivity index (χ3v) is 14.9. The Bertz CT molecular complexity index is 2650. The molecule has 5 aliphatic rings. The Balaban J connectivity index is 0.997. The fraction of sp³-hybridized carbons (Fsp3) is 0.531. The molecule has 1 aliphatic carbocycles. The number of H-pyrrole nitrogens is 2. The van der Waals surface area contributed by atoms with Gasteiger partial charge in [-0.25, -0.2) is 28.9 Å². The lowest BCUT2D eigenvalue weighted by Gasteiger charge is -2.42. The number of hydrogen-bond acceptors (Lipinski definition) is 11. The van der Waals surface area contributed by atoms with Crippen LogP contribution in [-0.4, -0.2) is 101 Å². The fourth-order valence-corrected chi connectivity index (χ4v) is 11.7. The number of aromatic amines is 2. The molecule has 2 fully saturated rings. The highest BCUT2D eigenvalue weighted by atomic mass is 32.1. The van der Waals surface area contributed by atoms with Gasteiger partial charge in [-0.2, -0.15) is 0 Å². The number of methoxy groups -OCH3 is 1. The maximum absolute atomic E-state index is 17.0. The Morgan fingerprint density at radius 3 is 2.12 bits per heavy atom. The van der Waals surface area contributed by atoms with Gasteiger partial charge in [0.25, 0.3) is 0 Å². The molecule has 9 rings (SSSR count). The van der Waals surface area contributed by atoms with E-state index in [-0.39, 0.29) is 41.8 Å². The van der Waals surface area contributed by atoms with Crippen molar-refractivity contribution in [3.8, 4) is 17.0 Å². The number of carbonyl (C=O) groups excluding carboxylic acids is 3. The van der Waals surface area contributed by atoms with Crippen LogP contribution in [0.2, 0.25) is 0 Å². The third-order valence-electron chi connectivity index (χ3n) is 13.9. The normalized spacial score (nSPS) is 22.0. The van der Waals surface area contributed by atoms with E-state index in [2.05, 4.69) is 45.4 Å². The Morgan fingerprint density at radius 2 is 1.50 bits per heavy atom. The van der Waals surface area contributed by atoms with Crippen LogP contribution in [0.4, 0.5) is 14.0 Å². The number of imidazole rings is 2. The average Bonchev–Trinajstić information content (AvgIpc) is 4.16. The summed E-state index contributed by atoms with van der Waals surface area (Å²) in [7, 11) is 1.27. The first-order valence-corrected chi connectivity index (χ1v) is 24.6. The predicted molar refractivity (Wildman–Crippen MR) is 251 cm³/mol. The maximum atomic E-state index is 17.0. The molecule has 3 aromatic heterocycles. The van der Waals surface area contributed by atoms with Crippen molar-refractivity contribution in [1.82, 2.24) is 50.3 Å². The fourth-order valence-electron chi connectivity index (χ4n) is 10.6. The maximum Gasteiger partial charge on any atom is 0.407 e. The molecule has 4 aliphatic heterocycles. The highest BCUT2D eigenvalue weighted by molar-refractivity contribution is 7.11. The molecule has 68 heavy (non-hydrogen) atoms. The average molecular weight is 953 g/mol. The van der Waals surface area contributed by atoms with E-state index < -0.39 is 36.3 Å². The van der Waals surface area contributed by atoms with Gasteiger partial charge in [0, 0.05) is 37.0 Å². The zero-order valence-electron chi connectivity index (χ0n) is 39.6. The quantitative estimate of drug-likeness (QED) is 0.0857. The van der Waals surface area contributed by atoms with Crippen LogP contribution in [0.1, 0.15) is 144 Å². The highest BCUT2D eigenvalue weighted by Crippen LogP contribution is 2.56. The van der Waals surface area contributed by atoms with E-state index >= 15 is 4.39 Å². The number of benzene rings is 1. The molecule has 1 aromatic carbocycles. The molecular formula is C49H61FN10O7S. The van der Waals surface area contributed by atoms with E-state index in [1.165, 1.54) is 13.2 Å². The van der Waals surface area contributed by atoms with Gasteiger partial charge in [-0.1, -0.05) is 47.6 Å². The highest BCUT2D eigenvalue weighted by Gasteiger charge is 2.47. The largest absolute Gasteiger partial charge is 0.465 e. The van der Waals surface area contributed by atoms with Gasteiger partial charge in [0.05, 0.1) is 64.5 Å². The van der Waals surface area contributed by atoms with Crippen molar-refractivity contribution >= 4 is 40.9 Å². The number of nitrogens with zero attached hydrogens (tertiary/aromatic N) is 6. The molecule has 0 spiro atoms. The number of fused-ring (bicyclic) bond motifs is 4. The minimum absolute atomic E-state index is 0.174. The molecule has 19 heteroatoms. The summed E-state index contributed by atoms with van der Waals surface area (Å²) in [6.07, 6.45) is 10.8. The van der Waals surface area contributed by atoms with Gasteiger partial charge in [0.1, 0.15) is 35.3 Å². The zero-order chi connectivity index (χ0) is 48.1. The van der Waals surface area contributed by atoms with E-state index in [4.69, 9.17) is 24.4 Å². The number of allylic oxidation sites excluding steroid dienone is 3. The van der Waals surface area contributed by atoms with Crippen LogP contribution in [0.5, 0.6) is 5.75 Å². The van der Waals surface area contributed by atoms with Gasteiger partial charge >= 0.3 is 12.2 Å². The van der Waals surface area contributed by atoms with E-state index in [9.17, 15) is 24.3 Å². The van der Waals surface area contributed by atoms with Gasteiger partial charge in [-0.15, -0.1) is 11.3 Å². The number of halogens is 1. The predicted octanol–water partition coefficient (Wildman–Crippen LogP) is 8.56. The standard InChI is InChI=1S/C49H61FN10O7S/c1-24(2)16-39-51-23-38(68-39)47-60-33-13-12-27(31-21-52-43(54-31)34-10-8-14-58(34)45(61)41(25(3)4)56-48(63)64)17-29(33)19-36(60)40-30(50)18-28(20-37(40)67-47)32-22-53-44(55-32)35-11-9-15-59(35)46(62)42(26(5)6)57-49(65)66-7/h17-18,20-26,34-36,41-42,47,56H,8-16,19H2,1-7H3,(H,52,54)(H,53,55)(H,57,65)(H,63,64)/t34-,35-,36-,41-,42-,47?/m0/s1. The number of aromatic nitrogens is 5. The number of thiazole rings is 1. The minimum atomic E-state index is -1.23. The van der Waals surface area contributed by atoms with Crippen LogP contribution >= 0.6 is 11.3 Å². The van der Waals surface area contributed by atoms with Gasteiger partial charge in [-0.3, -0.25) is 9.59 Å². The van der Waals surface area contributed by atoms with Gasteiger partial charge in [0.15, 0.2) is 0 Å². The topological polar surface area (TPSA) is 211 Å². The molecule has 1 unspecified atom stereocenters. The summed E-state index contributed by atoms with van der Waals surface area (Å²) >= 11 is 1.62. The zero-order valence-corrected chi connectivity index (χ0v) is 40.4. The van der Waals surface area contributed by atoms with Crippen LogP contribution in [-0.2, 0) is 20.7 Å². The molecule has 0 radical (unpaired) electrons. The van der Waals surface area contributed by atoms with Gasteiger partial charge in [-0.05, 0) is 86.0 Å². The number of likely N-dealkylation sites (tertiary alicyclic amines) is 2. The molecule has 362 valence electrons. The van der Waals surface area contributed by atoms with Crippen LogP contribution in [0.3, 0.4) is 0 Å². The molecule has 0 saturated carbocycles. The molecule has 6 atom stereocenters. The number of hydrogen-bond donors (Lipinski definition) is 5. The third kappa shape index (κ3) is 8.96. The lowest BCUT2D eigenvalue weighted by atomic mass is 9.93. The van der Waals surface area contributed by atoms with Crippen molar-refractivity contribution in [1.29, 1.82) is 0 Å².